The predicted molar refractivity (Wildman–Crippen MR) is 92.0 cm³/mol. The van der Waals surface area contributed by atoms with Gasteiger partial charge in [0.15, 0.2) is 11.9 Å². The first-order valence-electron chi connectivity index (χ1n) is 8.49. The molecule has 2 heterocycles. The SMILES string of the molecule is CCO[C@@H](C(=O)N1CCN(C(=O)c2ccco2)CC1)c1ccccc1. The number of ether oxygens (including phenoxy) is 1. The van der Waals surface area contributed by atoms with Crippen molar-refractivity contribution in [3.8, 4) is 0 Å². The van der Waals surface area contributed by atoms with Crippen LogP contribution >= 0.6 is 0 Å². The number of benzene rings is 1. The third-order valence-corrected chi connectivity index (χ3v) is 4.27. The highest BCUT2D eigenvalue weighted by Gasteiger charge is 2.31. The first-order valence-corrected chi connectivity index (χ1v) is 8.49. The Balaban J connectivity index is 1.63. The number of rotatable bonds is 5. The first-order chi connectivity index (χ1) is 12.2. The Labute approximate surface area is 147 Å². The summed E-state index contributed by atoms with van der Waals surface area (Å²) in [7, 11) is 0. The van der Waals surface area contributed by atoms with Gasteiger partial charge in [-0.25, -0.2) is 0 Å². The number of furan rings is 1. The number of carbonyl (C=O) groups excluding carboxylic acids is 2. The molecule has 0 saturated carbocycles. The van der Waals surface area contributed by atoms with Crippen molar-refractivity contribution in [1.29, 1.82) is 0 Å². The van der Waals surface area contributed by atoms with Gasteiger partial charge in [0.25, 0.3) is 11.8 Å². The molecule has 2 aromatic rings. The van der Waals surface area contributed by atoms with Gasteiger partial charge in [-0.2, -0.15) is 0 Å². The maximum absolute atomic E-state index is 12.9. The zero-order chi connectivity index (χ0) is 17.6. The minimum absolute atomic E-state index is 0.0573. The van der Waals surface area contributed by atoms with Gasteiger partial charge in [0.1, 0.15) is 0 Å². The normalized spacial score (nSPS) is 15.9. The van der Waals surface area contributed by atoms with E-state index in [-0.39, 0.29) is 11.8 Å². The van der Waals surface area contributed by atoms with Gasteiger partial charge in [-0.15, -0.1) is 0 Å². The molecular weight excluding hydrogens is 320 g/mol. The molecule has 1 aliphatic rings. The molecule has 1 aliphatic heterocycles. The molecule has 0 aliphatic carbocycles. The third kappa shape index (κ3) is 3.91. The van der Waals surface area contributed by atoms with Gasteiger partial charge in [-0.3, -0.25) is 9.59 Å². The Kier molecular flexibility index (Phi) is 5.50. The van der Waals surface area contributed by atoms with Crippen LogP contribution in [0.25, 0.3) is 0 Å². The number of hydrogen-bond acceptors (Lipinski definition) is 4. The Morgan fingerprint density at radius 1 is 1.04 bits per heavy atom. The summed E-state index contributed by atoms with van der Waals surface area (Å²) in [4.78, 5) is 28.6. The van der Waals surface area contributed by atoms with Crippen LogP contribution < -0.4 is 0 Å². The van der Waals surface area contributed by atoms with Crippen molar-refractivity contribution in [2.75, 3.05) is 32.8 Å². The second-order valence-electron chi connectivity index (χ2n) is 5.84. The van der Waals surface area contributed by atoms with Gasteiger partial charge < -0.3 is 19.0 Å². The van der Waals surface area contributed by atoms with Crippen LogP contribution in [0, 0.1) is 0 Å². The minimum atomic E-state index is -0.599. The fraction of sp³-hybridized carbons (Fsp3) is 0.368. The fourth-order valence-corrected chi connectivity index (χ4v) is 2.96. The summed E-state index contributed by atoms with van der Waals surface area (Å²) in [6.07, 6.45) is 0.887. The summed E-state index contributed by atoms with van der Waals surface area (Å²) in [5.74, 6) is 0.135. The minimum Gasteiger partial charge on any atom is -0.459 e. The van der Waals surface area contributed by atoms with Crippen molar-refractivity contribution in [2.24, 2.45) is 0 Å². The van der Waals surface area contributed by atoms with E-state index in [4.69, 9.17) is 9.15 Å². The Morgan fingerprint density at radius 2 is 1.72 bits per heavy atom. The molecule has 6 heteroatoms. The van der Waals surface area contributed by atoms with Crippen molar-refractivity contribution in [3.63, 3.8) is 0 Å². The molecule has 25 heavy (non-hydrogen) atoms. The molecule has 0 radical (unpaired) electrons. The van der Waals surface area contributed by atoms with Crippen LogP contribution in [0.15, 0.2) is 53.1 Å². The molecule has 0 unspecified atom stereocenters. The van der Waals surface area contributed by atoms with Crippen molar-refractivity contribution in [2.45, 2.75) is 13.0 Å². The standard InChI is InChI=1S/C19H22N2O4/c1-2-24-17(15-7-4-3-5-8-15)19(23)21-12-10-20(11-13-21)18(22)16-9-6-14-25-16/h3-9,14,17H,2,10-13H2,1H3/t17-/m1/s1. The van der Waals surface area contributed by atoms with E-state index in [9.17, 15) is 9.59 Å². The number of amides is 2. The average molecular weight is 342 g/mol. The summed E-state index contributed by atoms with van der Waals surface area (Å²) < 4.78 is 10.8. The molecule has 3 rings (SSSR count). The van der Waals surface area contributed by atoms with Crippen molar-refractivity contribution >= 4 is 11.8 Å². The highest BCUT2D eigenvalue weighted by molar-refractivity contribution is 5.91. The maximum atomic E-state index is 12.9. The molecule has 1 fully saturated rings. The van der Waals surface area contributed by atoms with Crippen LogP contribution in [-0.2, 0) is 9.53 Å². The second-order valence-corrected chi connectivity index (χ2v) is 5.84. The van der Waals surface area contributed by atoms with E-state index in [0.29, 0.717) is 38.5 Å². The van der Waals surface area contributed by atoms with Crippen LogP contribution in [0.5, 0.6) is 0 Å². The maximum Gasteiger partial charge on any atom is 0.289 e. The summed E-state index contributed by atoms with van der Waals surface area (Å²) >= 11 is 0. The Hall–Kier alpha value is -2.60. The van der Waals surface area contributed by atoms with E-state index >= 15 is 0 Å². The van der Waals surface area contributed by atoms with E-state index < -0.39 is 6.10 Å². The van der Waals surface area contributed by atoms with Crippen LogP contribution in [0.2, 0.25) is 0 Å². The molecule has 0 N–H and O–H groups in total. The van der Waals surface area contributed by atoms with Gasteiger partial charge >= 0.3 is 0 Å². The van der Waals surface area contributed by atoms with E-state index in [0.717, 1.165) is 5.56 Å². The topological polar surface area (TPSA) is 63.0 Å². The lowest BCUT2D eigenvalue weighted by Crippen LogP contribution is -2.51. The van der Waals surface area contributed by atoms with Crippen molar-refractivity contribution in [1.82, 2.24) is 9.80 Å². The highest BCUT2D eigenvalue weighted by atomic mass is 16.5. The molecule has 0 bridgehead atoms. The Morgan fingerprint density at radius 3 is 2.32 bits per heavy atom. The monoisotopic (exact) mass is 342 g/mol. The molecule has 6 nitrogen and oxygen atoms in total. The van der Waals surface area contributed by atoms with Gasteiger partial charge in [-0.1, -0.05) is 30.3 Å². The number of hydrogen-bond donors (Lipinski definition) is 0. The Bertz CT molecular complexity index is 691. The van der Waals surface area contributed by atoms with E-state index in [1.807, 2.05) is 37.3 Å². The summed E-state index contributed by atoms with van der Waals surface area (Å²) in [6.45, 7) is 4.28. The van der Waals surface area contributed by atoms with Gasteiger partial charge in [0.05, 0.1) is 6.26 Å². The van der Waals surface area contributed by atoms with E-state index in [2.05, 4.69) is 0 Å². The van der Waals surface area contributed by atoms with E-state index in [1.54, 1.807) is 21.9 Å². The largest absolute Gasteiger partial charge is 0.459 e. The molecule has 2 amide bonds. The fourth-order valence-electron chi connectivity index (χ4n) is 2.96. The molecule has 132 valence electrons. The molecule has 1 saturated heterocycles. The van der Waals surface area contributed by atoms with Crippen molar-refractivity contribution in [3.05, 3.63) is 60.1 Å². The molecule has 1 aromatic heterocycles. The average Bonchev–Trinajstić information content (AvgIpc) is 3.20. The first kappa shape index (κ1) is 17.2. The molecular formula is C19H22N2O4. The van der Waals surface area contributed by atoms with Gasteiger partial charge in [-0.05, 0) is 24.6 Å². The van der Waals surface area contributed by atoms with Crippen LogP contribution in [0.4, 0.5) is 0 Å². The summed E-state index contributed by atoms with van der Waals surface area (Å²) in [5, 5.41) is 0. The number of nitrogens with zero attached hydrogens (tertiary/aromatic N) is 2. The van der Waals surface area contributed by atoms with Gasteiger partial charge in [0, 0.05) is 32.8 Å². The second kappa shape index (κ2) is 7.98. The number of carbonyl (C=O) groups is 2. The van der Waals surface area contributed by atoms with Crippen molar-refractivity contribution < 1.29 is 18.7 Å². The van der Waals surface area contributed by atoms with Crippen LogP contribution in [0.1, 0.15) is 29.1 Å². The lowest BCUT2D eigenvalue weighted by Gasteiger charge is -2.36. The highest BCUT2D eigenvalue weighted by Crippen LogP contribution is 2.21. The third-order valence-electron chi connectivity index (χ3n) is 4.27. The molecule has 1 atom stereocenters. The predicted octanol–water partition coefficient (Wildman–Crippen LogP) is 2.34. The van der Waals surface area contributed by atoms with Gasteiger partial charge in [0.2, 0.25) is 0 Å². The zero-order valence-electron chi connectivity index (χ0n) is 14.3. The lowest BCUT2D eigenvalue weighted by atomic mass is 10.1. The van der Waals surface area contributed by atoms with Crippen LogP contribution in [0.3, 0.4) is 0 Å². The zero-order valence-corrected chi connectivity index (χ0v) is 14.3. The smallest absolute Gasteiger partial charge is 0.289 e. The summed E-state index contributed by atoms with van der Waals surface area (Å²) in [5.41, 5.74) is 0.850. The quantitative estimate of drug-likeness (QED) is 0.837. The summed E-state index contributed by atoms with van der Waals surface area (Å²) in [6, 6.07) is 12.9. The molecule has 0 spiro atoms. The number of piperazine rings is 1. The lowest BCUT2D eigenvalue weighted by molar-refractivity contribution is -0.145. The molecule has 1 aromatic carbocycles. The van der Waals surface area contributed by atoms with Crippen LogP contribution in [-0.4, -0.2) is 54.4 Å². The van der Waals surface area contributed by atoms with E-state index in [1.165, 1.54) is 6.26 Å².